The number of carbonyl (C=O) groups is 4. The predicted octanol–water partition coefficient (Wildman–Crippen LogP) is 2.90. The van der Waals surface area contributed by atoms with Crippen LogP contribution in [0.15, 0.2) is 36.4 Å². The molecule has 11 nitrogen and oxygen atoms in total. The Bertz CT molecular complexity index is 1500. The number of carboxylic acid groups (broad SMARTS) is 2. The number of nitrogens with one attached hydrogen (secondary N) is 4. The molecule has 0 aliphatic heterocycles. The number of hydrogen-bond donors (Lipinski definition) is 6. The smallest absolute Gasteiger partial charge is 0.322 e. The summed E-state index contributed by atoms with van der Waals surface area (Å²) in [7, 11) is 0. The van der Waals surface area contributed by atoms with Crippen LogP contribution in [-0.2, 0) is 35.3 Å². The summed E-state index contributed by atoms with van der Waals surface area (Å²) in [4.78, 5) is 51.6. The number of fused-ring (bicyclic) bond motifs is 6. The van der Waals surface area contributed by atoms with Gasteiger partial charge in [-0.25, -0.2) is 0 Å². The van der Waals surface area contributed by atoms with E-state index in [2.05, 4.69) is 20.6 Å². The summed E-state index contributed by atoms with van der Waals surface area (Å²) in [6.45, 7) is -0.718. The van der Waals surface area contributed by atoms with Gasteiger partial charge in [0, 0.05) is 44.3 Å². The lowest BCUT2D eigenvalue weighted by molar-refractivity contribution is -0.136. The van der Waals surface area contributed by atoms with E-state index >= 15 is 0 Å². The fraction of sp³-hybridized carbons (Fsp3) is 0.333. The summed E-state index contributed by atoms with van der Waals surface area (Å²) in [6.07, 6.45) is 8.95. The minimum absolute atomic E-state index is 0. The van der Waals surface area contributed by atoms with E-state index in [1.165, 1.54) is 48.2 Å². The van der Waals surface area contributed by atoms with Gasteiger partial charge in [-0.15, -0.1) is 0 Å². The Morgan fingerprint density at radius 1 is 0.634 bits per heavy atom. The summed E-state index contributed by atoms with van der Waals surface area (Å²) >= 11 is 0. The van der Waals surface area contributed by atoms with Crippen molar-refractivity contribution in [1.82, 2.24) is 20.6 Å². The molecular weight excluding hydrogens is 528 g/mol. The minimum Gasteiger partial charge on any atom is -0.480 e. The summed E-state index contributed by atoms with van der Waals surface area (Å²) in [5.41, 5.74) is 8.26. The number of carboxylic acids is 2. The normalized spacial score (nSPS) is 13.7. The Morgan fingerprint density at radius 3 is 1.41 bits per heavy atom. The molecule has 2 aliphatic rings. The summed E-state index contributed by atoms with van der Waals surface area (Å²) in [6, 6.07) is 10.9. The molecule has 216 valence electrons. The molecule has 0 bridgehead atoms. The van der Waals surface area contributed by atoms with Gasteiger partial charge in [0.15, 0.2) is 0 Å². The molecule has 2 heterocycles. The van der Waals surface area contributed by atoms with Crippen LogP contribution in [-0.4, -0.2) is 62.5 Å². The van der Waals surface area contributed by atoms with Gasteiger partial charge >= 0.3 is 11.9 Å². The van der Waals surface area contributed by atoms with E-state index in [0.29, 0.717) is 11.1 Å². The highest BCUT2D eigenvalue weighted by Crippen LogP contribution is 2.30. The second-order valence-electron chi connectivity index (χ2n) is 10.3. The van der Waals surface area contributed by atoms with Gasteiger partial charge in [0.2, 0.25) is 0 Å². The molecule has 0 saturated heterocycles. The molecule has 0 radical (unpaired) electrons. The van der Waals surface area contributed by atoms with Crippen LogP contribution in [0.4, 0.5) is 0 Å². The molecule has 2 amide bonds. The van der Waals surface area contributed by atoms with Crippen molar-refractivity contribution in [3.05, 3.63) is 70.0 Å². The fourth-order valence-electron chi connectivity index (χ4n) is 5.61. The zero-order chi connectivity index (χ0) is 28.2. The molecule has 11 heteroatoms. The Labute approximate surface area is 235 Å². The average Bonchev–Trinajstić information content (AvgIpc) is 3.52. The van der Waals surface area contributed by atoms with E-state index in [4.69, 9.17) is 10.2 Å². The van der Waals surface area contributed by atoms with Crippen molar-refractivity contribution >= 4 is 45.6 Å². The standard InChI is InChI=1S/2C15H16N2O3.H2O/c2*18-14(19)8-16-15(20)9-5-6-13-11(7-9)10-3-1-2-4-12(10)17-13;/h2*5-7,17H,1-4,8H2,(H,16,20)(H,18,19);1H2. The van der Waals surface area contributed by atoms with E-state index in [0.717, 1.165) is 47.5 Å². The van der Waals surface area contributed by atoms with Crippen molar-refractivity contribution in [2.75, 3.05) is 13.1 Å². The molecule has 4 aromatic rings. The maximum Gasteiger partial charge on any atom is 0.322 e. The largest absolute Gasteiger partial charge is 0.480 e. The maximum atomic E-state index is 11.9. The van der Waals surface area contributed by atoms with E-state index < -0.39 is 11.9 Å². The summed E-state index contributed by atoms with van der Waals surface area (Å²) < 4.78 is 0. The van der Waals surface area contributed by atoms with Crippen molar-refractivity contribution in [2.24, 2.45) is 0 Å². The Morgan fingerprint density at radius 2 is 1.02 bits per heavy atom. The lowest BCUT2D eigenvalue weighted by Gasteiger charge is -2.10. The van der Waals surface area contributed by atoms with Crippen molar-refractivity contribution < 1.29 is 34.9 Å². The number of rotatable bonds is 6. The van der Waals surface area contributed by atoms with Crippen molar-refractivity contribution in [3.63, 3.8) is 0 Å². The van der Waals surface area contributed by atoms with Gasteiger partial charge in [-0.2, -0.15) is 0 Å². The van der Waals surface area contributed by atoms with E-state index in [9.17, 15) is 19.2 Å². The zero-order valence-electron chi connectivity index (χ0n) is 22.6. The molecule has 0 spiro atoms. The minimum atomic E-state index is -1.04. The fourth-order valence-corrected chi connectivity index (χ4v) is 5.61. The third-order valence-electron chi connectivity index (χ3n) is 7.52. The Balaban J connectivity index is 0.000000184. The number of amides is 2. The molecule has 41 heavy (non-hydrogen) atoms. The van der Waals surface area contributed by atoms with Crippen molar-refractivity contribution in [3.8, 4) is 0 Å². The van der Waals surface area contributed by atoms with Gasteiger partial charge in [-0.1, -0.05) is 0 Å². The molecule has 2 aromatic heterocycles. The summed E-state index contributed by atoms with van der Waals surface area (Å²) in [5.74, 6) is -2.78. The summed E-state index contributed by atoms with van der Waals surface area (Å²) in [5, 5.41) is 24.1. The van der Waals surface area contributed by atoms with Crippen molar-refractivity contribution in [1.29, 1.82) is 0 Å². The van der Waals surface area contributed by atoms with Gasteiger partial charge in [0.1, 0.15) is 13.1 Å². The number of aryl methyl sites for hydroxylation is 4. The van der Waals surface area contributed by atoms with Crippen LogP contribution in [0.25, 0.3) is 21.8 Å². The first-order valence-electron chi connectivity index (χ1n) is 13.6. The average molecular weight is 563 g/mol. The predicted molar refractivity (Wildman–Crippen MR) is 153 cm³/mol. The van der Waals surface area contributed by atoms with Gasteiger partial charge in [0.05, 0.1) is 0 Å². The quantitative estimate of drug-likeness (QED) is 0.209. The zero-order valence-corrected chi connectivity index (χ0v) is 22.6. The lowest BCUT2D eigenvalue weighted by atomic mass is 9.95. The van der Waals surface area contributed by atoms with Gasteiger partial charge < -0.3 is 36.3 Å². The van der Waals surface area contributed by atoms with Gasteiger partial charge in [-0.3, -0.25) is 19.2 Å². The van der Waals surface area contributed by atoms with Crippen LogP contribution in [0.5, 0.6) is 0 Å². The molecule has 2 aromatic carbocycles. The number of carbonyl (C=O) groups excluding carboxylic acids is 2. The maximum absolute atomic E-state index is 11.9. The number of benzene rings is 2. The van der Waals surface area contributed by atoms with E-state index in [1.54, 1.807) is 12.1 Å². The third-order valence-corrected chi connectivity index (χ3v) is 7.52. The van der Waals surface area contributed by atoms with E-state index in [1.807, 2.05) is 24.3 Å². The van der Waals surface area contributed by atoms with Crippen LogP contribution in [0, 0.1) is 0 Å². The number of H-pyrrole nitrogens is 2. The SMILES string of the molecule is O.O=C(O)CNC(=O)c1ccc2[nH]c3c(c2c1)CCCC3.O=C(O)CNC(=O)c1ccc2[nH]c3c(c2c1)CCCC3. The Hall–Kier alpha value is -4.64. The number of aromatic amines is 2. The highest BCUT2D eigenvalue weighted by Gasteiger charge is 2.18. The monoisotopic (exact) mass is 562 g/mol. The van der Waals surface area contributed by atoms with Crippen LogP contribution < -0.4 is 10.6 Å². The van der Waals surface area contributed by atoms with Crippen LogP contribution in [0.1, 0.15) is 68.9 Å². The number of aromatic nitrogens is 2. The topological polar surface area (TPSA) is 196 Å². The van der Waals surface area contributed by atoms with E-state index in [-0.39, 0.29) is 30.4 Å². The van der Waals surface area contributed by atoms with Gasteiger partial charge in [0.25, 0.3) is 11.8 Å². The van der Waals surface area contributed by atoms with Crippen LogP contribution in [0.3, 0.4) is 0 Å². The van der Waals surface area contributed by atoms with Crippen molar-refractivity contribution in [2.45, 2.75) is 51.4 Å². The second-order valence-corrected chi connectivity index (χ2v) is 10.3. The molecule has 0 saturated carbocycles. The third kappa shape index (κ3) is 6.58. The molecular formula is C30H34N4O7. The first-order chi connectivity index (χ1) is 19.3. The first kappa shape index (κ1) is 29.3. The first-order valence-corrected chi connectivity index (χ1v) is 13.6. The molecule has 0 atom stereocenters. The molecule has 8 N–H and O–H groups in total. The second kappa shape index (κ2) is 12.7. The number of hydrogen-bond acceptors (Lipinski definition) is 4. The molecule has 6 rings (SSSR count). The molecule has 0 unspecified atom stereocenters. The highest BCUT2D eigenvalue weighted by atomic mass is 16.4. The van der Waals surface area contributed by atoms with Gasteiger partial charge in [-0.05, 0) is 98.9 Å². The Kier molecular flexibility index (Phi) is 9.08. The molecule has 2 aliphatic carbocycles. The molecule has 0 fully saturated rings. The number of aliphatic carboxylic acids is 2. The van der Waals surface area contributed by atoms with Crippen LogP contribution >= 0.6 is 0 Å². The highest BCUT2D eigenvalue weighted by molar-refractivity contribution is 6.01. The lowest BCUT2D eigenvalue weighted by Crippen LogP contribution is -2.29. The van der Waals surface area contributed by atoms with Crippen LogP contribution in [0.2, 0.25) is 0 Å².